The molecule has 0 aliphatic heterocycles. The van der Waals surface area contributed by atoms with Crippen LogP contribution >= 0.6 is 0 Å². The molecule has 1 amide bonds. The van der Waals surface area contributed by atoms with Crippen LogP contribution in [0, 0.1) is 0 Å². The molecule has 0 aliphatic rings. The van der Waals surface area contributed by atoms with Crippen molar-refractivity contribution in [3.05, 3.63) is 12.2 Å². The van der Waals surface area contributed by atoms with Crippen molar-refractivity contribution in [1.29, 1.82) is 0 Å². The van der Waals surface area contributed by atoms with Crippen LogP contribution in [0.15, 0.2) is 12.2 Å². The van der Waals surface area contributed by atoms with Crippen LogP contribution in [0.4, 0.5) is 0 Å². The molecule has 0 bridgehead atoms. The van der Waals surface area contributed by atoms with Crippen molar-refractivity contribution in [2.45, 2.75) is 12.8 Å². The summed E-state index contributed by atoms with van der Waals surface area (Å²) in [6, 6.07) is 0. The van der Waals surface area contributed by atoms with Crippen molar-refractivity contribution in [1.82, 2.24) is 5.43 Å². The molecule has 0 aromatic heterocycles. The summed E-state index contributed by atoms with van der Waals surface area (Å²) in [5.41, 5.74) is 7.85. The molecule has 0 aromatic carbocycles. The van der Waals surface area contributed by atoms with E-state index in [0.717, 1.165) is 6.42 Å². The van der Waals surface area contributed by atoms with Gasteiger partial charge in [-0.3, -0.25) is 16.1 Å². The van der Waals surface area contributed by atoms with Gasteiger partial charge in [-0.1, -0.05) is 6.58 Å². The summed E-state index contributed by atoms with van der Waals surface area (Å²) in [6.07, 6.45) is 1.40. The highest BCUT2D eigenvalue weighted by Crippen LogP contribution is 1.98. The molecule has 0 saturated carbocycles. The summed E-state index contributed by atoms with van der Waals surface area (Å²) < 4.78 is 0. The zero-order chi connectivity index (χ0) is 7.98. The molecule has 58 valence electrons. The van der Waals surface area contributed by atoms with Gasteiger partial charge >= 0.3 is 0 Å². The molecule has 0 fully saturated rings. The highest BCUT2D eigenvalue weighted by molar-refractivity contribution is 5.91. The number of amides is 1. The molecule has 0 rings (SSSR count). The van der Waals surface area contributed by atoms with Gasteiger partial charge in [0.05, 0.1) is 0 Å². The van der Waals surface area contributed by atoms with Crippen LogP contribution in [0.5, 0.6) is 0 Å². The molecular formula is C6H13N3O. The molecule has 0 aromatic rings. The Morgan fingerprint density at radius 1 is 1.60 bits per heavy atom. The quantitative estimate of drug-likeness (QED) is 0.205. The van der Waals surface area contributed by atoms with E-state index in [9.17, 15) is 4.79 Å². The highest BCUT2D eigenvalue weighted by atomic mass is 16.1. The van der Waals surface area contributed by atoms with E-state index in [1.54, 1.807) is 0 Å². The smallest absolute Gasteiger partial charge is 0.244 e. The van der Waals surface area contributed by atoms with Crippen LogP contribution in [0.1, 0.15) is 12.8 Å². The van der Waals surface area contributed by atoms with E-state index in [4.69, 9.17) is 11.6 Å². The maximum absolute atomic E-state index is 10.4. The van der Waals surface area contributed by atoms with Crippen LogP contribution in [-0.2, 0) is 4.79 Å². The molecule has 0 saturated heterocycles. The highest BCUT2D eigenvalue weighted by Gasteiger charge is 1.98. The molecule has 4 heteroatoms. The number of nitrogens with two attached hydrogens (primary N) is 2. The molecule has 0 radical (unpaired) electrons. The van der Waals surface area contributed by atoms with Crippen molar-refractivity contribution in [3.63, 3.8) is 0 Å². The van der Waals surface area contributed by atoms with Gasteiger partial charge in [0.15, 0.2) is 0 Å². The van der Waals surface area contributed by atoms with E-state index in [2.05, 4.69) is 12.0 Å². The van der Waals surface area contributed by atoms with E-state index in [-0.39, 0.29) is 0 Å². The summed E-state index contributed by atoms with van der Waals surface area (Å²) in [5, 5.41) is 0. The molecule has 0 unspecified atom stereocenters. The number of hydrogen-bond donors (Lipinski definition) is 3. The zero-order valence-corrected chi connectivity index (χ0v) is 5.89. The lowest BCUT2D eigenvalue weighted by atomic mass is 10.1. The monoisotopic (exact) mass is 143 g/mol. The SMILES string of the molecule is C=C(CCCNN)C(N)=O. The van der Waals surface area contributed by atoms with Crippen LogP contribution in [0.25, 0.3) is 0 Å². The molecular weight excluding hydrogens is 130 g/mol. The Hall–Kier alpha value is -0.870. The summed E-state index contributed by atoms with van der Waals surface area (Å²) in [4.78, 5) is 10.4. The number of carbonyl (C=O) groups is 1. The first-order valence-corrected chi connectivity index (χ1v) is 3.09. The third-order valence-corrected chi connectivity index (χ3v) is 1.15. The van der Waals surface area contributed by atoms with Crippen LogP contribution in [0.3, 0.4) is 0 Å². The average molecular weight is 143 g/mol. The Bertz CT molecular complexity index is 133. The first-order chi connectivity index (χ1) is 4.68. The Morgan fingerprint density at radius 2 is 2.20 bits per heavy atom. The molecule has 0 atom stereocenters. The maximum atomic E-state index is 10.4. The molecule has 0 spiro atoms. The average Bonchev–Trinajstić information content (AvgIpc) is 1.88. The fourth-order valence-corrected chi connectivity index (χ4v) is 0.527. The zero-order valence-electron chi connectivity index (χ0n) is 5.89. The fourth-order valence-electron chi connectivity index (χ4n) is 0.527. The van der Waals surface area contributed by atoms with Gasteiger partial charge in [0, 0.05) is 12.1 Å². The van der Waals surface area contributed by atoms with Crippen molar-refractivity contribution in [3.8, 4) is 0 Å². The van der Waals surface area contributed by atoms with Crippen LogP contribution in [-0.4, -0.2) is 12.5 Å². The fraction of sp³-hybridized carbons (Fsp3) is 0.500. The van der Waals surface area contributed by atoms with E-state index in [1.807, 2.05) is 0 Å². The minimum atomic E-state index is -0.433. The molecule has 0 heterocycles. The summed E-state index contributed by atoms with van der Waals surface area (Å²) >= 11 is 0. The first kappa shape index (κ1) is 9.13. The second-order valence-corrected chi connectivity index (χ2v) is 2.03. The first-order valence-electron chi connectivity index (χ1n) is 3.09. The minimum absolute atomic E-state index is 0.433. The van der Waals surface area contributed by atoms with Crippen molar-refractivity contribution < 1.29 is 4.79 Å². The van der Waals surface area contributed by atoms with Crippen LogP contribution < -0.4 is 17.0 Å². The minimum Gasteiger partial charge on any atom is -0.366 e. The number of carbonyl (C=O) groups excluding carboxylic acids is 1. The van der Waals surface area contributed by atoms with Gasteiger partial charge in [-0.2, -0.15) is 0 Å². The summed E-state index contributed by atoms with van der Waals surface area (Å²) in [7, 11) is 0. The Kier molecular flexibility index (Phi) is 4.53. The third kappa shape index (κ3) is 4.05. The van der Waals surface area contributed by atoms with Gasteiger partial charge in [0.2, 0.25) is 5.91 Å². The third-order valence-electron chi connectivity index (χ3n) is 1.15. The van der Waals surface area contributed by atoms with Crippen molar-refractivity contribution >= 4 is 5.91 Å². The number of primary amides is 1. The largest absolute Gasteiger partial charge is 0.366 e. The number of hydrazine groups is 1. The van der Waals surface area contributed by atoms with E-state index in [0.29, 0.717) is 18.5 Å². The van der Waals surface area contributed by atoms with E-state index < -0.39 is 5.91 Å². The lowest BCUT2D eigenvalue weighted by Crippen LogP contribution is -2.23. The van der Waals surface area contributed by atoms with E-state index >= 15 is 0 Å². The van der Waals surface area contributed by atoms with Gasteiger partial charge in [-0.25, -0.2) is 0 Å². The Morgan fingerprint density at radius 3 is 2.60 bits per heavy atom. The lowest BCUT2D eigenvalue weighted by Gasteiger charge is -1.99. The topological polar surface area (TPSA) is 81.1 Å². The number of rotatable bonds is 5. The summed E-state index contributed by atoms with van der Waals surface area (Å²) in [6.45, 7) is 4.16. The van der Waals surface area contributed by atoms with E-state index in [1.165, 1.54) is 0 Å². The van der Waals surface area contributed by atoms with Gasteiger partial charge in [0.1, 0.15) is 0 Å². The molecule has 10 heavy (non-hydrogen) atoms. The normalized spacial score (nSPS) is 9.30. The Labute approximate surface area is 60.2 Å². The van der Waals surface area contributed by atoms with Gasteiger partial charge in [0.25, 0.3) is 0 Å². The predicted octanol–water partition coefficient (Wildman–Crippen LogP) is -0.729. The van der Waals surface area contributed by atoms with Gasteiger partial charge in [-0.15, -0.1) is 0 Å². The van der Waals surface area contributed by atoms with Crippen LogP contribution in [0.2, 0.25) is 0 Å². The second-order valence-electron chi connectivity index (χ2n) is 2.03. The second kappa shape index (κ2) is 4.96. The molecule has 5 N–H and O–H groups in total. The van der Waals surface area contributed by atoms with Gasteiger partial charge in [-0.05, 0) is 12.8 Å². The summed E-state index contributed by atoms with van der Waals surface area (Å²) in [5.74, 6) is 4.56. The lowest BCUT2D eigenvalue weighted by molar-refractivity contribution is -0.114. The Balaban J connectivity index is 3.31. The number of hydrogen-bond acceptors (Lipinski definition) is 3. The van der Waals surface area contributed by atoms with Crippen molar-refractivity contribution in [2.75, 3.05) is 6.54 Å². The maximum Gasteiger partial charge on any atom is 0.244 e. The predicted molar refractivity (Wildman–Crippen MR) is 39.8 cm³/mol. The molecule has 4 nitrogen and oxygen atoms in total. The van der Waals surface area contributed by atoms with Crippen molar-refractivity contribution in [2.24, 2.45) is 11.6 Å². The standard InChI is InChI=1S/C6H13N3O/c1-5(6(7)10)3-2-4-9-8/h9H,1-4,8H2,(H2,7,10). The molecule has 0 aliphatic carbocycles. The van der Waals surface area contributed by atoms with Gasteiger partial charge < -0.3 is 5.73 Å². The number of nitrogens with one attached hydrogen (secondary N) is 1.